The van der Waals surface area contributed by atoms with Crippen molar-refractivity contribution >= 4 is 23.2 Å². The quantitative estimate of drug-likeness (QED) is 0.736. The van der Waals surface area contributed by atoms with E-state index in [0.29, 0.717) is 23.8 Å². The van der Waals surface area contributed by atoms with E-state index in [1.54, 1.807) is 12.1 Å². The number of furan rings is 1. The predicted octanol–water partition coefficient (Wildman–Crippen LogP) is 4.12. The Kier molecular flexibility index (Phi) is 4.73. The third-order valence-corrected chi connectivity index (χ3v) is 4.73. The van der Waals surface area contributed by atoms with Gasteiger partial charge in [0.05, 0.1) is 6.26 Å². The Labute approximate surface area is 162 Å². The van der Waals surface area contributed by atoms with Gasteiger partial charge in [0.2, 0.25) is 11.7 Å². The highest BCUT2D eigenvalue weighted by atomic mass is 16.5. The lowest BCUT2D eigenvalue weighted by molar-refractivity contribution is -0.121. The van der Waals surface area contributed by atoms with Crippen molar-refractivity contribution in [3.8, 4) is 11.5 Å². The topological polar surface area (TPSA) is 88.6 Å². The SMILES string of the molecule is CC(C)C(=O)N1CCCc2ccc(NC(=O)c3cc(-c4ccco4)on3)cc21. The highest BCUT2D eigenvalue weighted by Gasteiger charge is 2.25. The molecule has 0 atom stereocenters. The van der Waals surface area contributed by atoms with E-state index in [0.717, 1.165) is 24.1 Å². The Morgan fingerprint density at radius 1 is 1.18 bits per heavy atom. The molecule has 0 saturated heterocycles. The molecule has 0 aliphatic carbocycles. The van der Waals surface area contributed by atoms with Crippen LogP contribution in [0.3, 0.4) is 0 Å². The number of fused-ring (bicyclic) bond motifs is 1. The van der Waals surface area contributed by atoms with Crippen LogP contribution >= 0.6 is 0 Å². The Bertz CT molecular complexity index is 1000. The standard InChI is InChI=1S/C21H21N3O4/c1-13(2)21(26)24-9-3-5-14-7-8-15(11-17(14)24)22-20(25)16-12-19(28-23-16)18-6-4-10-27-18/h4,6-8,10-13H,3,5,9H2,1-2H3,(H,22,25). The van der Waals surface area contributed by atoms with Crippen LogP contribution in [0.25, 0.3) is 11.5 Å². The Morgan fingerprint density at radius 3 is 2.79 bits per heavy atom. The van der Waals surface area contributed by atoms with E-state index in [4.69, 9.17) is 8.94 Å². The van der Waals surface area contributed by atoms with Crippen molar-refractivity contribution in [3.63, 3.8) is 0 Å². The molecule has 0 bridgehead atoms. The van der Waals surface area contributed by atoms with Gasteiger partial charge in [-0.3, -0.25) is 9.59 Å². The van der Waals surface area contributed by atoms with E-state index in [9.17, 15) is 9.59 Å². The molecule has 1 aliphatic heterocycles. The predicted molar refractivity (Wildman–Crippen MR) is 104 cm³/mol. The summed E-state index contributed by atoms with van der Waals surface area (Å²) in [4.78, 5) is 26.9. The van der Waals surface area contributed by atoms with Gasteiger partial charge in [0.15, 0.2) is 11.5 Å². The van der Waals surface area contributed by atoms with E-state index < -0.39 is 0 Å². The van der Waals surface area contributed by atoms with E-state index in [1.807, 2.05) is 36.9 Å². The summed E-state index contributed by atoms with van der Waals surface area (Å²) in [7, 11) is 0. The summed E-state index contributed by atoms with van der Waals surface area (Å²) in [5, 5.41) is 6.64. The first-order chi connectivity index (χ1) is 13.5. The van der Waals surface area contributed by atoms with E-state index >= 15 is 0 Å². The van der Waals surface area contributed by atoms with Crippen LogP contribution < -0.4 is 10.2 Å². The molecule has 2 aromatic heterocycles. The first kappa shape index (κ1) is 18.0. The molecule has 7 heteroatoms. The second-order valence-electron chi connectivity index (χ2n) is 7.10. The Balaban J connectivity index is 1.55. The zero-order chi connectivity index (χ0) is 19.7. The molecule has 1 aromatic carbocycles. The summed E-state index contributed by atoms with van der Waals surface area (Å²) in [6.45, 7) is 4.48. The number of aromatic nitrogens is 1. The summed E-state index contributed by atoms with van der Waals surface area (Å²) in [5.41, 5.74) is 2.73. The number of hydrogen-bond acceptors (Lipinski definition) is 5. The smallest absolute Gasteiger partial charge is 0.277 e. The van der Waals surface area contributed by atoms with Crippen molar-refractivity contribution in [3.05, 3.63) is 53.9 Å². The van der Waals surface area contributed by atoms with Gasteiger partial charge in [-0.1, -0.05) is 25.1 Å². The Hall–Kier alpha value is -3.35. The van der Waals surface area contributed by atoms with Gasteiger partial charge in [-0.25, -0.2) is 0 Å². The van der Waals surface area contributed by atoms with Crippen molar-refractivity contribution in [2.24, 2.45) is 5.92 Å². The van der Waals surface area contributed by atoms with Gasteiger partial charge in [0.25, 0.3) is 5.91 Å². The average Bonchev–Trinajstić information content (AvgIpc) is 3.38. The molecular weight excluding hydrogens is 358 g/mol. The number of carbonyl (C=O) groups is 2. The van der Waals surface area contributed by atoms with Crippen LogP contribution in [-0.4, -0.2) is 23.5 Å². The number of anilines is 2. The number of amides is 2. The zero-order valence-corrected chi connectivity index (χ0v) is 15.8. The maximum Gasteiger partial charge on any atom is 0.277 e. The number of aryl methyl sites for hydroxylation is 1. The molecule has 1 N–H and O–H groups in total. The molecule has 1 aliphatic rings. The van der Waals surface area contributed by atoms with Crippen molar-refractivity contribution in [1.82, 2.24) is 5.16 Å². The second-order valence-corrected chi connectivity index (χ2v) is 7.10. The molecule has 0 radical (unpaired) electrons. The first-order valence-corrected chi connectivity index (χ1v) is 9.29. The fourth-order valence-corrected chi connectivity index (χ4v) is 3.31. The van der Waals surface area contributed by atoms with Crippen LogP contribution in [0, 0.1) is 5.92 Å². The molecule has 144 valence electrons. The molecule has 3 aromatic rings. The second kappa shape index (κ2) is 7.34. The molecular formula is C21H21N3O4. The number of carbonyl (C=O) groups excluding carboxylic acids is 2. The van der Waals surface area contributed by atoms with Crippen LogP contribution in [0.2, 0.25) is 0 Å². The minimum Gasteiger partial charge on any atom is -0.461 e. The molecule has 4 rings (SSSR count). The lowest BCUT2D eigenvalue weighted by Gasteiger charge is -2.31. The van der Waals surface area contributed by atoms with Crippen molar-refractivity contribution < 1.29 is 18.5 Å². The highest BCUT2D eigenvalue weighted by molar-refractivity contribution is 6.04. The molecule has 3 heterocycles. The lowest BCUT2D eigenvalue weighted by atomic mass is 9.99. The van der Waals surface area contributed by atoms with Crippen LogP contribution in [0.1, 0.15) is 36.3 Å². The van der Waals surface area contributed by atoms with E-state index in [-0.39, 0.29) is 23.4 Å². The van der Waals surface area contributed by atoms with Gasteiger partial charge in [-0.15, -0.1) is 0 Å². The summed E-state index contributed by atoms with van der Waals surface area (Å²) < 4.78 is 10.4. The molecule has 0 spiro atoms. The molecule has 0 unspecified atom stereocenters. The number of nitrogens with zero attached hydrogens (tertiary/aromatic N) is 2. The van der Waals surface area contributed by atoms with Gasteiger partial charge >= 0.3 is 0 Å². The van der Waals surface area contributed by atoms with Crippen molar-refractivity contribution in [1.29, 1.82) is 0 Å². The van der Waals surface area contributed by atoms with Gasteiger partial charge in [0.1, 0.15) is 0 Å². The third-order valence-electron chi connectivity index (χ3n) is 4.73. The number of hydrogen-bond donors (Lipinski definition) is 1. The summed E-state index contributed by atoms with van der Waals surface area (Å²) >= 11 is 0. The fourth-order valence-electron chi connectivity index (χ4n) is 3.31. The molecule has 2 amide bonds. The number of nitrogens with one attached hydrogen (secondary N) is 1. The van der Waals surface area contributed by atoms with Crippen molar-refractivity contribution in [2.75, 3.05) is 16.8 Å². The average molecular weight is 379 g/mol. The summed E-state index contributed by atoms with van der Waals surface area (Å²) in [6, 6.07) is 10.6. The number of benzene rings is 1. The van der Waals surface area contributed by atoms with Gasteiger partial charge in [-0.05, 0) is 42.7 Å². The molecule has 28 heavy (non-hydrogen) atoms. The zero-order valence-electron chi connectivity index (χ0n) is 15.8. The van der Waals surface area contributed by atoms with Crippen LogP contribution in [0.15, 0.2) is 51.6 Å². The van der Waals surface area contributed by atoms with Crippen LogP contribution in [0.5, 0.6) is 0 Å². The third kappa shape index (κ3) is 3.43. The van der Waals surface area contributed by atoms with Crippen LogP contribution in [0.4, 0.5) is 11.4 Å². The largest absolute Gasteiger partial charge is 0.461 e. The summed E-state index contributed by atoms with van der Waals surface area (Å²) in [5.74, 6) is 0.500. The fraction of sp³-hybridized carbons (Fsp3) is 0.286. The van der Waals surface area contributed by atoms with Gasteiger partial charge in [-0.2, -0.15) is 0 Å². The van der Waals surface area contributed by atoms with E-state index in [2.05, 4.69) is 10.5 Å². The Morgan fingerprint density at radius 2 is 2.04 bits per heavy atom. The molecule has 0 saturated carbocycles. The normalized spacial score (nSPS) is 13.5. The maximum absolute atomic E-state index is 12.5. The molecule has 7 nitrogen and oxygen atoms in total. The minimum absolute atomic E-state index is 0.0839. The van der Waals surface area contributed by atoms with E-state index in [1.165, 1.54) is 12.3 Å². The number of rotatable bonds is 4. The summed E-state index contributed by atoms with van der Waals surface area (Å²) in [6.07, 6.45) is 3.38. The van der Waals surface area contributed by atoms with Crippen molar-refractivity contribution in [2.45, 2.75) is 26.7 Å². The monoisotopic (exact) mass is 379 g/mol. The lowest BCUT2D eigenvalue weighted by Crippen LogP contribution is -2.38. The maximum atomic E-state index is 12.5. The minimum atomic E-state index is -0.390. The molecule has 0 fully saturated rings. The van der Waals surface area contributed by atoms with Crippen LogP contribution in [-0.2, 0) is 11.2 Å². The highest BCUT2D eigenvalue weighted by Crippen LogP contribution is 2.31. The van der Waals surface area contributed by atoms with Gasteiger partial charge < -0.3 is 19.2 Å². The first-order valence-electron chi connectivity index (χ1n) is 9.29. The van der Waals surface area contributed by atoms with Gasteiger partial charge in [0, 0.05) is 29.9 Å².